The molecule has 1 heterocycles. The molecule has 0 atom stereocenters. The highest BCUT2D eigenvalue weighted by Crippen LogP contribution is 2.40. The van der Waals surface area contributed by atoms with Gasteiger partial charge in [0.15, 0.2) is 11.5 Å². The van der Waals surface area contributed by atoms with Crippen molar-refractivity contribution in [3.8, 4) is 17.2 Å². The third-order valence-electron chi connectivity index (χ3n) is 5.53. The number of carbonyl (C=O) groups is 1. The first-order valence-corrected chi connectivity index (χ1v) is 10.9. The van der Waals surface area contributed by atoms with Crippen LogP contribution in [0.2, 0.25) is 10.0 Å². The van der Waals surface area contributed by atoms with Crippen LogP contribution in [0.4, 0.5) is 0 Å². The topological polar surface area (TPSA) is 51.2 Å². The standard InChI is InChI=1S/C23H28Cl2N2O4/c1-29-20-8-5-17(22(30-2)23(20)31-3)15-26-10-12-27(13-11-26)21(28)9-6-16-4-7-18(24)14-19(16)25/h4-5,7-8,14H,6,9-13,15H2,1-3H3. The molecule has 8 heteroatoms. The number of piperazine rings is 1. The molecule has 2 aromatic carbocycles. The molecule has 0 N–H and O–H groups in total. The summed E-state index contributed by atoms with van der Waals surface area (Å²) >= 11 is 12.2. The fraction of sp³-hybridized carbons (Fsp3) is 0.435. The summed E-state index contributed by atoms with van der Waals surface area (Å²) in [7, 11) is 4.84. The number of ether oxygens (including phenoxy) is 3. The van der Waals surface area contributed by atoms with Crippen molar-refractivity contribution in [2.75, 3.05) is 47.5 Å². The molecule has 0 bridgehead atoms. The van der Waals surface area contributed by atoms with E-state index >= 15 is 0 Å². The molecule has 0 aliphatic carbocycles. The van der Waals surface area contributed by atoms with Crippen molar-refractivity contribution in [2.24, 2.45) is 0 Å². The molecule has 1 fully saturated rings. The van der Waals surface area contributed by atoms with Crippen molar-refractivity contribution in [1.29, 1.82) is 0 Å². The third-order valence-corrected chi connectivity index (χ3v) is 6.11. The van der Waals surface area contributed by atoms with Gasteiger partial charge in [0.05, 0.1) is 21.3 Å². The Bertz CT molecular complexity index is 915. The smallest absolute Gasteiger partial charge is 0.222 e. The largest absolute Gasteiger partial charge is 0.493 e. The average Bonchev–Trinajstić information content (AvgIpc) is 2.78. The van der Waals surface area contributed by atoms with Gasteiger partial charge in [-0.15, -0.1) is 0 Å². The van der Waals surface area contributed by atoms with E-state index in [1.54, 1.807) is 33.5 Å². The van der Waals surface area contributed by atoms with E-state index in [2.05, 4.69) is 4.90 Å². The summed E-state index contributed by atoms with van der Waals surface area (Å²) in [4.78, 5) is 16.9. The molecule has 3 rings (SSSR count). The lowest BCUT2D eigenvalue weighted by molar-refractivity contribution is -0.133. The number of carbonyl (C=O) groups excluding carboxylic acids is 1. The zero-order valence-corrected chi connectivity index (χ0v) is 19.6. The zero-order valence-electron chi connectivity index (χ0n) is 18.1. The predicted octanol–water partition coefficient (Wildman–Crippen LogP) is 4.30. The second kappa shape index (κ2) is 10.9. The van der Waals surface area contributed by atoms with Gasteiger partial charge in [-0.1, -0.05) is 35.3 Å². The predicted molar refractivity (Wildman–Crippen MR) is 123 cm³/mol. The van der Waals surface area contributed by atoms with Gasteiger partial charge >= 0.3 is 0 Å². The number of nitrogens with zero attached hydrogens (tertiary/aromatic N) is 2. The number of amides is 1. The number of methoxy groups -OCH3 is 3. The Morgan fingerprint density at radius 2 is 1.58 bits per heavy atom. The Labute approximate surface area is 193 Å². The van der Waals surface area contributed by atoms with Gasteiger partial charge in [-0.3, -0.25) is 9.69 Å². The normalized spacial score (nSPS) is 14.4. The second-order valence-electron chi connectivity index (χ2n) is 7.39. The fourth-order valence-corrected chi connectivity index (χ4v) is 4.31. The van der Waals surface area contributed by atoms with E-state index < -0.39 is 0 Å². The van der Waals surface area contributed by atoms with E-state index in [1.165, 1.54) is 0 Å². The molecule has 0 spiro atoms. The van der Waals surface area contributed by atoms with Crippen molar-refractivity contribution >= 4 is 29.1 Å². The number of hydrogen-bond acceptors (Lipinski definition) is 5. The van der Waals surface area contributed by atoms with Crippen LogP contribution in [-0.4, -0.2) is 63.2 Å². The van der Waals surface area contributed by atoms with Gasteiger partial charge in [-0.25, -0.2) is 0 Å². The van der Waals surface area contributed by atoms with E-state index in [9.17, 15) is 4.79 Å². The molecular weight excluding hydrogens is 439 g/mol. The number of hydrogen-bond donors (Lipinski definition) is 0. The molecular formula is C23H28Cl2N2O4. The molecule has 1 aliphatic rings. The van der Waals surface area contributed by atoms with Gasteiger partial charge < -0.3 is 19.1 Å². The number of rotatable bonds is 8. The van der Waals surface area contributed by atoms with Gasteiger partial charge in [0, 0.05) is 54.8 Å². The summed E-state index contributed by atoms with van der Waals surface area (Å²) in [6.07, 6.45) is 1.04. The molecule has 168 valence electrons. The van der Waals surface area contributed by atoms with Crippen molar-refractivity contribution in [3.05, 3.63) is 51.5 Å². The van der Waals surface area contributed by atoms with E-state index in [-0.39, 0.29) is 5.91 Å². The van der Waals surface area contributed by atoms with Crippen LogP contribution in [0.25, 0.3) is 0 Å². The van der Waals surface area contributed by atoms with Crippen LogP contribution in [0.15, 0.2) is 30.3 Å². The maximum atomic E-state index is 12.7. The van der Waals surface area contributed by atoms with Crippen LogP contribution in [0.3, 0.4) is 0 Å². The van der Waals surface area contributed by atoms with E-state index in [1.807, 2.05) is 23.1 Å². The van der Waals surface area contributed by atoms with Gasteiger partial charge in [-0.2, -0.15) is 0 Å². The number of benzene rings is 2. The summed E-state index contributed by atoms with van der Waals surface area (Å²) in [6.45, 7) is 3.70. The lowest BCUT2D eigenvalue weighted by Crippen LogP contribution is -2.48. The molecule has 0 aromatic heterocycles. The average molecular weight is 467 g/mol. The molecule has 1 amide bonds. The molecule has 1 aliphatic heterocycles. The monoisotopic (exact) mass is 466 g/mol. The maximum absolute atomic E-state index is 12.7. The first kappa shape index (κ1) is 23.5. The molecule has 31 heavy (non-hydrogen) atoms. The van der Waals surface area contributed by atoms with Crippen molar-refractivity contribution in [3.63, 3.8) is 0 Å². The van der Waals surface area contributed by atoms with Crippen LogP contribution in [0, 0.1) is 0 Å². The van der Waals surface area contributed by atoms with Crippen LogP contribution >= 0.6 is 23.2 Å². The minimum Gasteiger partial charge on any atom is -0.493 e. The number of halogens is 2. The first-order valence-electron chi connectivity index (χ1n) is 10.2. The highest BCUT2D eigenvalue weighted by Gasteiger charge is 2.23. The van der Waals surface area contributed by atoms with Gasteiger partial charge in [-0.05, 0) is 30.2 Å². The molecule has 2 aromatic rings. The summed E-state index contributed by atoms with van der Waals surface area (Å²) in [5, 5.41) is 1.20. The Kier molecular flexibility index (Phi) is 8.29. The summed E-state index contributed by atoms with van der Waals surface area (Å²) in [5.41, 5.74) is 1.97. The minimum atomic E-state index is 0.148. The summed E-state index contributed by atoms with van der Waals surface area (Å²) < 4.78 is 16.4. The van der Waals surface area contributed by atoms with Gasteiger partial charge in [0.1, 0.15) is 0 Å². The highest BCUT2D eigenvalue weighted by atomic mass is 35.5. The van der Waals surface area contributed by atoms with E-state index in [0.29, 0.717) is 59.8 Å². The quantitative estimate of drug-likeness (QED) is 0.580. The second-order valence-corrected chi connectivity index (χ2v) is 8.23. The molecule has 1 saturated heterocycles. The zero-order chi connectivity index (χ0) is 22.4. The Balaban J connectivity index is 1.54. The van der Waals surface area contributed by atoms with Crippen molar-refractivity contribution in [1.82, 2.24) is 9.80 Å². The Morgan fingerprint density at radius 3 is 2.19 bits per heavy atom. The summed E-state index contributed by atoms with van der Waals surface area (Å²) in [6, 6.07) is 9.27. The van der Waals surface area contributed by atoms with E-state index in [4.69, 9.17) is 37.4 Å². The Hall–Kier alpha value is -2.15. The van der Waals surface area contributed by atoms with Crippen molar-refractivity contribution < 1.29 is 19.0 Å². The molecule has 0 unspecified atom stereocenters. The van der Waals surface area contributed by atoms with Crippen LogP contribution in [0.5, 0.6) is 17.2 Å². The van der Waals surface area contributed by atoms with Crippen molar-refractivity contribution in [2.45, 2.75) is 19.4 Å². The fourth-order valence-electron chi connectivity index (χ4n) is 3.81. The van der Waals surface area contributed by atoms with E-state index in [0.717, 1.165) is 24.2 Å². The van der Waals surface area contributed by atoms with Gasteiger partial charge in [0.25, 0.3) is 0 Å². The molecule has 0 saturated carbocycles. The third kappa shape index (κ3) is 5.76. The van der Waals surface area contributed by atoms with Crippen LogP contribution in [0.1, 0.15) is 17.5 Å². The summed E-state index contributed by atoms with van der Waals surface area (Å²) in [5.74, 6) is 2.06. The number of aryl methyl sites for hydroxylation is 1. The van der Waals surface area contributed by atoms with Crippen LogP contribution in [-0.2, 0) is 17.8 Å². The lowest BCUT2D eigenvalue weighted by Gasteiger charge is -2.35. The molecule has 6 nitrogen and oxygen atoms in total. The first-order chi connectivity index (χ1) is 15.0. The molecule has 0 radical (unpaired) electrons. The lowest BCUT2D eigenvalue weighted by atomic mass is 10.1. The Morgan fingerprint density at radius 1 is 0.903 bits per heavy atom. The maximum Gasteiger partial charge on any atom is 0.222 e. The van der Waals surface area contributed by atoms with Gasteiger partial charge in [0.2, 0.25) is 11.7 Å². The SMILES string of the molecule is COc1ccc(CN2CCN(C(=O)CCc3ccc(Cl)cc3Cl)CC2)c(OC)c1OC. The highest BCUT2D eigenvalue weighted by molar-refractivity contribution is 6.35. The minimum absolute atomic E-state index is 0.148. The van der Waals surface area contributed by atoms with Crippen LogP contribution < -0.4 is 14.2 Å².